The number of aliphatic carboxylic acids is 1. The Morgan fingerprint density at radius 2 is 1.75 bits per heavy atom. The molecule has 2 rings (SSSR count). The fraction of sp³-hybridized carbons (Fsp3) is 0.556. The fourth-order valence-electron chi connectivity index (χ4n) is 2.77. The van der Waals surface area contributed by atoms with E-state index >= 15 is 0 Å². The van der Waals surface area contributed by atoms with Crippen LogP contribution in [0.1, 0.15) is 18.1 Å². The number of carbonyl (C=O) groups excluding carboxylic acids is 1. The summed E-state index contributed by atoms with van der Waals surface area (Å²) in [7, 11) is 0. The second kappa shape index (κ2) is 9.20. The van der Waals surface area contributed by atoms with Crippen LogP contribution in [-0.2, 0) is 14.3 Å². The molecule has 1 amide bonds. The van der Waals surface area contributed by atoms with Gasteiger partial charge in [0.15, 0.2) is 6.10 Å². The molecule has 1 fully saturated rings. The van der Waals surface area contributed by atoms with Crippen molar-refractivity contribution in [3.8, 4) is 5.75 Å². The number of hydrogen-bond donors (Lipinski definition) is 5. The van der Waals surface area contributed by atoms with Crippen molar-refractivity contribution in [3.05, 3.63) is 29.3 Å². The summed E-state index contributed by atoms with van der Waals surface area (Å²) < 4.78 is 15.5. The largest absolute Gasteiger partial charge is 0.491 e. The minimum atomic E-state index is -1.86. The van der Waals surface area contributed by atoms with Gasteiger partial charge in [-0.2, -0.15) is 0 Å². The maximum absolute atomic E-state index is 12.0. The Morgan fingerprint density at radius 3 is 2.32 bits per heavy atom. The summed E-state index contributed by atoms with van der Waals surface area (Å²) in [5, 5.41) is 40.6. The molecule has 10 nitrogen and oxygen atoms in total. The number of hydrogen-bond acceptors (Lipinski definition) is 8. The van der Waals surface area contributed by atoms with Crippen LogP contribution in [0.4, 0.5) is 4.79 Å². The molecule has 156 valence electrons. The molecule has 28 heavy (non-hydrogen) atoms. The van der Waals surface area contributed by atoms with Gasteiger partial charge in [-0.1, -0.05) is 18.2 Å². The summed E-state index contributed by atoms with van der Waals surface area (Å²) in [6.07, 6.45) is -10.1. The van der Waals surface area contributed by atoms with Crippen LogP contribution in [0, 0.1) is 13.8 Å². The first-order valence-electron chi connectivity index (χ1n) is 8.70. The van der Waals surface area contributed by atoms with Crippen molar-refractivity contribution < 1.29 is 44.2 Å². The maximum atomic E-state index is 12.0. The van der Waals surface area contributed by atoms with Crippen molar-refractivity contribution in [2.24, 2.45) is 0 Å². The first kappa shape index (κ1) is 21.9. The first-order valence-corrected chi connectivity index (χ1v) is 8.70. The highest BCUT2D eigenvalue weighted by atomic mass is 16.7. The third-order valence-corrected chi connectivity index (χ3v) is 4.29. The lowest BCUT2D eigenvalue weighted by Gasteiger charge is -2.38. The summed E-state index contributed by atoms with van der Waals surface area (Å²) in [5.74, 6) is -0.861. The van der Waals surface area contributed by atoms with Gasteiger partial charge >= 0.3 is 12.1 Å². The van der Waals surface area contributed by atoms with Gasteiger partial charge in [-0.3, -0.25) is 0 Å². The number of benzene rings is 1. The van der Waals surface area contributed by atoms with Gasteiger partial charge < -0.3 is 40.0 Å². The number of aliphatic hydroxyl groups is 3. The summed E-state index contributed by atoms with van der Waals surface area (Å²) in [5.41, 5.74) is 1.89. The molecule has 0 aromatic heterocycles. The van der Waals surface area contributed by atoms with Gasteiger partial charge in [0.05, 0.1) is 6.04 Å². The van der Waals surface area contributed by atoms with Crippen molar-refractivity contribution >= 4 is 12.1 Å². The molecule has 0 radical (unpaired) electrons. The number of rotatable bonds is 6. The molecule has 5 N–H and O–H groups in total. The molecule has 1 heterocycles. The van der Waals surface area contributed by atoms with E-state index in [-0.39, 0.29) is 6.61 Å². The van der Waals surface area contributed by atoms with Crippen molar-refractivity contribution in [1.29, 1.82) is 0 Å². The van der Waals surface area contributed by atoms with Gasteiger partial charge in [0.25, 0.3) is 0 Å². The van der Waals surface area contributed by atoms with Gasteiger partial charge in [0.2, 0.25) is 6.29 Å². The van der Waals surface area contributed by atoms with E-state index in [1.54, 1.807) is 6.92 Å². The first-order chi connectivity index (χ1) is 13.1. The summed E-state index contributed by atoms with van der Waals surface area (Å²) in [6, 6.07) is 5.21. The Morgan fingerprint density at radius 1 is 1.14 bits per heavy atom. The number of alkyl carbamates (subject to hydrolysis) is 1. The third kappa shape index (κ3) is 5.10. The highest BCUT2D eigenvalue weighted by Gasteiger charge is 2.48. The second-order valence-corrected chi connectivity index (χ2v) is 6.72. The van der Waals surface area contributed by atoms with Gasteiger partial charge in [-0.25, -0.2) is 9.59 Å². The van der Waals surface area contributed by atoms with Crippen LogP contribution < -0.4 is 10.1 Å². The number of aliphatic hydroxyl groups excluding tert-OH is 3. The molecule has 1 saturated heterocycles. The lowest BCUT2D eigenvalue weighted by atomic mass is 9.99. The van der Waals surface area contributed by atoms with E-state index in [0.29, 0.717) is 5.75 Å². The van der Waals surface area contributed by atoms with Crippen LogP contribution in [0.15, 0.2) is 18.2 Å². The number of ether oxygens (including phenoxy) is 3. The normalized spacial score (nSPS) is 28.3. The van der Waals surface area contributed by atoms with E-state index < -0.39 is 48.8 Å². The van der Waals surface area contributed by atoms with Gasteiger partial charge in [0, 0.05) is 0 Å². The molecule has 1 aromatic carbocycles. The topological polar surface area (TPSA) is 155 Å². The second-order valence-electron chi connectivity index (χ2n) is 6.72. The number of carboxylic acid groups (broad SMARTS) is 1. The molecule has 1 aliphatic rings. The van der Waals surface area contributed by atoms with Crippen LogP contribution in [0.3, 0.4) is 0 Å². The molecule has 1 aromatic rings. The van der Waals surface area contributed by atoms with E-state index in [1.165, 1.54) is 0 Å². The number of carbonyl (C=O) groups is 2. The van der Waals surface area contributed by atoms with Gasteiger partial charge in [-0.15, -0.1) is 0 Å². The molecule has 6 atom stereocenters. The number of carboxylic acids is 1. The lowest BCUT2D eigenvalue weighted by molar-refractivity contribution is -0.278. The summed E-state index contributed by atoms with van der Waals surface area (Å²) in [4.78, 5) is 23.1. The minimum absolute atomic E-state index is 0.133. The molecular formula is C18H25NO9. The van der Waals surface area contributed by atoms with Crippen LogP contribution in [0.5, 0.6) is 5.75 Å². The average molecular weight is 399 g/mol. The van der Waals surface area contributed by atoms with Crippen LogP contribution in [0.25, 0.3) is 0 Å². The number of nitrogens with one attached hydrogen (secondary N) is 1. The summed E-state index contributed by atoms with van der Waals surface area (Å²) in [6.45, 7) is 5.59. The Hall–Kier alpha value is -2.40. The zero-order valence-electron chi connectivity index (χ0n) is 15.7. The van der Waals surface area contributed by atoms with Gasteiger partial charge in [0.1, 0.15) is 30.7 Å². The number of amides is 1. The van der Waals surface area contributed by atoms with Crippen LogP contribution in [0.2, 0.25) is 0 Å². The number of para-hydroxylation sites is 1. The Bertz CT molecular complexity index is 690. The molecule has 0 saturated carbocycles. The minimum Gasteiger partial charge on any atom is -0.491 e. The standard InChI is InChI=1S/C18H25NO9/c1-8-5-4-6-9(2)14(8)26-7-10(3)19-18(25)28-17-13(22)11(20)12(21)15(27-17)16(23)24/h4-6,10-13,15,17,20-22H,7H2,1-3H3,(H,19,25)(H,23,24). The SMILES string of the molecule is Cc1cccc(C)c1OCC(C)NC(=O)OC1OC(C(=O)O)C(O)C(O)C1O. The molecule has 0 bridgehead atoms. The summed E-state index contributed by atoms with van der Waals surface area (Å²) >= 11 is 0. The third-order valence-electron chi connectivity index (χ3n) is 4.29. The molecular weight excluding hydrogens is 374 g/mol. The maximum Gasteiger partial charge on any atom is 0.409 e. The van der Waals surface area contributed by atoms with E-state index in [1.807, 2.05) is 32.0 Å². The molecule has 0 aliphatic carbocycles. The van der Waals surface area contributed by atoms with E-state index in [4.69, 9.17) is 19.3 Å². The van der Waals surface area contributed by atoms with Crippen molar-refractivity contribution in [2.45, 2.75) is 57.5 Å². The zero-order chi connectivity index (χ0) is 21.0. The lowest BCUT2D eigenvalue weighted by Crippen LogP contribution is -2.61. The van der Waals surface area contributed by atoms with E-state index in [2.05, 4.69) is 5.32 Å². The highest BCUT2D eigenvalue weighted by Crippen LogP contribution is 2.23. The Balaban J connectivity index is 1.89. The van der Waals surface area contributed by atoms with E-state index in [9.17, 15) is 24.9 Å². The zero-order valence-corrected chi connectivity index (χ0v) is 15.7. The van der Waals surface area contributed by atoms with Gasteiger partial charge in [-0.05, 0) is 31.9 Å². The van der Waals surface area contributed by atoms with E-state index in [0.717, 1.165) is 11.1 Å². The van der Waals surface area contributed by atoms with Crippen LogP contribution >= 0.6 is 0 Å². The van der Waals surface area contributed by atoms with Crippen molar-refractivity contribution in [3.63, 3.8) is 0 Å². The Kier molecular flexibility index (Phi) is 7.19. The molecule has 10 heteroatoms. The average Bonchev–Trinajstić information content (AvgIpc) is 2.61. The monoisotopic (exact) mass is 399 g/mol. The highest BCUT2D eigenvalue weighted by molar-refractivity contribution is 5.73. The Labute approximate surface area is 161 Å². The quantitative estimate of drug-likeness (QED) is 0.433. The molecule has 1 aliphatic heterocycles. The molecule has 0 spiro atoms. The predicted molar refractivity (Wildman–Crippen MR) is 94.8 cm³/mol. The van der Waals surface area contributed by atoms with Crippen LogP contribution in [-0.4, -0.2) is 75.8 Å². The number of aryl methyl sites for hydroxylation is 2. The smallest absolute Gasteiger partial charge is 0.409 e. The van der Waals surface area contributed by atoms with Crippen molar-refractivity contribution in [2.75, 3.05) is 6.61 Å². The fourth-order valence-corrected chi connectivity index (χ4v) is 2.77. The molecule has 6 unspecified atom stereocenters. The van der Waals surface area contributed by atoms with Crippen molar-refractivity contribution in [1.82, 2.24) is 5.32 Å². The predicted octanol–water partition coefficient (Wildman–Crippen LogP) is -0.311.